The van der Waals surface area contributed by atoms with E-state index < -0.39 is 17.7 Å². The van der Waals surface area contributed by atoms with Crippen LogP contribution in [0.1, 0.15) is 37.6 Å². The number of anilines is 1. The maximum Gasteiger partial charge on any atom is 0.412 e. The number of nitrogens with one attached hydrogen (secondary N) is 1. The fourth-order valence-corrected chi connectivity index (χ4v) is 3.57. The van der Waals surface area contributed by atoms with Crippen LogP contribution < -0.4 is 10.4 Å². The van der Waals surface area contributed by atoms with Crippen LogP contribution in [0, 0.1) is 0 Å². The maximum atomic E-state index is 12.5. The third-order valence-electron chi connectivity index (χ3n) is 5.13. The Morgan fingerprint density at radius 3 is 2.37 bits per heavy atom. The Hall–Kier alpha value is -2.81. The van der Waals surface area contributed by atoms with Crippen LogP contribution in [0.3, 0.4) is 0 Å². The number of hydrogen-bond donors (Lipinski definition) is 2. The minimum atomic E-state index is -4.35. The Kier molecular flexibility index (Phi) is 7.66. The molecule has 1 aromatic carbocycles. The Morgan fingerprint density at radius 2 is 1.87 bits per heavy atom. The molecule has 9 heteroatoms. The van der Waals surface area contributed by atoms with Crippen molar-refractivity contribution in [1.82, 2.24) is 10.4 Å². The average molecular weight is 424 g/mol. The van der Waals surface area contributed by atoms with Crippen molar-refractivity contribution in [3.63, 3.8) is 0 Å². The van der Waals surface area contributed by atoms with E-state index in [1.165, 1.54) is 0 Å². The van der Waals surface area contributed by atoms with Crippen LogP contribution in [0.4, 0.5) is 18.9 Å². The molecule has 0 aromatic heterocycles. The molecule has 2 bridgehead atoms. The first-order valence-electron chi connectivity index (χ1n) is 9.75. The summed E-state index contributed by atoms with van der Waals surface area (Å²) in [6.07, 6.45) is -1.37. The van der Waals surface area contributed by atoms with Gasteiger partial charge in [-0.2, -0.15) is 13.2 Å². The molecule has 164 valence electrons. The lowest BCUT2D eigenvalue weighted by molar-refractivity contribution is -0.0911. The molecule has 1 amide bonds. The molecule has 2 saturated heterocycles. The van der Waals surface area contributed by atoms with E-state index in [0.717, 1.165) is 37.9 Å². The van der Waals surface area contributed by atoms with Crippen molar-refractivity contribution in [2.75, 3.05) is 18.0 Å². The van der Waals surface area contributed by atoms with Gasteiger partial charge in [-0.25, -0.2) is 10.5 Å². The SMILES string of the molecule is C=C(/N=C\C=C(/C)C(F)(F)F)N1CC2CC1CN2c1ccc(C(=O)NO)cc1.CC. The number of hydroxylamine groups is 1. The second kappa shape index (κ2) is 9.80. The standard InChI is InChI=1S/C19H21F3N4O2.C2H6/c1-12(19(20,21)22)7-8-23-13(2)25-10-17-9-16(25)11-26(17)15-5-3-14(4-6-15)18(27)24-28;1-2/h3-8,16-17,28H,2,9-11H2,1H3,(H,24,27);1-2H3/b12-7+,23-8-;. The van der Waals surface area contributed by atoms with Crippen LogP contribution in [0.15, 0.2) is 53.3 Å². The van der Waals surface area contributed by atoms with Crippen LogP contribution in [0.25, 0.3) is 0 Å². The number of piperazine rings is 1. The van der Waals surface area contributed by atoms with Crippen molar-refractivity contribution in [2.45, 2.75) is 45.5 Å². The smallest absolute Gasteiger partial charge is 0.365 e. The third kappa shape index (κ3) is 5.21. The monoisotopic (exact) mass is 424 g/mol. The molecule has 0 aliphatic carbocycles. The van der Waals surface area contributed by atoms with Gasteiger partial charge < -0.3 is 9.80 Å². The van der Waals surface area contributed by atoms with Crippen molar-refractivity contribution in [3.8, 4) is 0 Å². The van der Waals surface area contributed by atoms with E-state index in [4.69, 9.17) is 5.21 Å². The van der Waals surface area contributed by atoms with E-state index in [-0.39, 0.29) is 12.1 Å². The van der Waals surface area contributed by atoms with Gasteiger partial charge in [0.25, 0.3) is 5.91 Å². The van der Waals surface area contributed by atoms with Crippen LogP contribution in [-0.2, 0) is 0 Å². The van der Waals surface area contributed by atoms with E-state index in [1.807, 2.05) is 30.9 Å². The van der Waals surface area contributed by atoms with Crippen molar-refractivity contribution >= 4 is 17.8 Å². The quantitative estimate of drug-likeness (QED) is 0.423. The molecule has 1 aromatic rings. The zero-order valence-corrected chi connectivity index (χ0v) is 17.3. The van der Waals surface area contributed by atoms with Gasteiger partial charge >= 0.3 is 6.18 Å². The molecule has 2 unspecified atom stereocenters. The molecule has 0 spiro atoms. The summed E-state index contributed by atoms with van der Waals surface area (Å²) in [5.74, 6) is -0.113. The fraction of sp³-hybridized carbons (Fsp3) is 0.429. The Bertz CT molecular complexity index is 819. The van der Waals surface area contributed by atoms with Gasteiger partial charge in [0.05, 0.1) is 0 Å². The molecule has 2 atom stereocenters. The van der Waals surface area contributed by atoms with E-state index >= 15 is 0 Å². The molecule has 2 heterocycles. The topological polar surface area (TPSA) is 68.2 Å². The van der Waals surface area contributed by atoms with Crippen LogP contribution in [0.5, 0.6) is 0 Å². The predicted octanol–water partition coefficient (Wildman–Crippen LogP) is 4.15. The van der Waals surface area contributed by atoms with E-state index in [0.29, 0.717) is 17.9 Å². The number of carbonyl (C=O) groups excluding carboxylic acids is 1. The molecule has 2 aliphatic heterocycles. The van der Waals surface area contributed by atoms with Crippen LogP contribution in [-0.4, -0.2) is 53.6 Å². The lowest BCUT2D eigenvalue weighted by atomic mass is 10.1. The molecule has 0 saturated carbocycles. The number of allylic oxidation sites excluding steroid dienone is 2. The number of rotatable bonds is 5. The van der Waals surface area contributed by atoms with Crippen molar-refractivity contribution in [1.29, 1.82) is 0 Å². The van der Waals surface area contributed by atoms with Gasteiger partial charge in [-0.1, -0.05) is 20.4 Å². The van der Waals surface area contributed by atoms with Crippen molar-refractivity contribution < 1.29 is 23.2 Å². The first kappa shape index (κ1) is 23.5. The van der Waals surface area contributed by atoms with E-state index in [2.05, 4.69) is 16.5 Å². The lowest BCUT2D eigenvalue weighted by Crippen LogP contribution is -2.45. The number of nitrogens with zero attached hydrogens (tertiary/aromatic N) is 3. The highest BCUT2D eigenvalue weighted by Gasteiger charge is 2.43. The predicted molar refractivity (Wildman–Crippen MR) is 111 cm³/mol. The number of benzene rings is 1. The second-order valence-corrected chi connectivity index (χ2v) is 6.88. The zero-order valence-electron chi connectivity index (χ0n) is 17.3. The summed E-state index contributed by atoms with van der Waals surface area (Å²) in [6.45, 7) is 10.3. The summed E-state index contributed by atoms with van der Waals surface area (Å²) in [5, 5.41) is 8.67. The summed E-state index contributed by atoms with van der Waals surface area (Å²) in [7, 11) is 0. The zero-order chi connectivity index (χ0) is 22.5. The molecule has 0 radical (unpaired) electrons. The van der Waals surface area contributed by atoms with Crippen LogP contribution in [0.2, 0.25) is 0 Å². The summed E-state index contributed by atoms with van der Waals surface area (Å²) >= 11 is 0. The molecule has 2 aliphatic rings. The summed E-state index contributed by atoms with van der Waals surface area (Å²) in [6, 6.07) is 7.36. The van der Waals surface area contributed by atoms with Gasteiger partial charge in [0.15, 0.2) is 0 Å². The lowest BCUT2D eigenvalue weighted by Gasteiger charge is -2.36. The molecule has 30 heavy (non-hydrogen) atoms. The number of aliphatic imine (C=N–C) groups is 1. The number of alkyl halides is 3. The number of fused-ring (bicyclic) bond motifs is 2. The molecule has 2 N–H and O–H groups in total. The average Bonchev–Trinajstić information content (AvgIpc) is 3.35. The molecule has 6 nitrogen and oxygen atoms in total. The minimum absolute atomic E-state index is 0.183. The Labute approximate surface area is 174 Å². The van der Waals surface area contributed by atoms with Gasteiger partial charge in [0.2, 0.25) is 0 Å². The summed E-state index contributed by atoms with van der Waals surface area (Å²) in [4.78, 5) is 19.7. The number of hydrogen-bond acceptors (Lipinski definition) is 5. The van der Waals surface area contributed by atoms with Crippen molar-refractivity contribution in [2.24, 2.45) is 4.99 Å². The van der Waals surface area contributed by atoms with Gasteiger partial charge in [-0.05, 0) is 43.7 Å². The third-order valence-corrected chi connectivity index (χ3v) is 5.13. The number of halogens is 3. The summed E-state index contributed by atoms with van der Waals surface area (Å²) in [5.41, 5.74) is 2.22. The number of carbonyl (C=O) groups is 1. The fourth-order valence-electron chi connectivity index (χ4n) is 3.57. The molecular formula is C21H27F3N4O2. The number of amides is 1. The van der Waals surface area contributed by atoms with E-state index in [9.17, 15) is 18.0 Å². The van der Waals surface area contributed by atoms with Crippen molar-refractivity contribution in [3.05, 3.63) is 53.9 Å². The van der Waals surface area contributed by atoms with Gasteiger partial charge in [-0.3, -0.25) is 10.0 Å². The number of likely N-dealkylation sites (tertiary alicyclic amines) is 1. The Morgan fingerprint density at radius 1 is 1.23 bits per heavy atom. The Balaban J connectivity index is 0.00000155. The molecule has 3 rings (SSSR count). The second-order valence-electron chi connectivity index (χ2n) is 6.88. The molecular weight excluding hydrogens is 397 g/mol. The maximum absolute atomic E-state index is 12.5. The highest BCUT2D eigenvalue weighted by molar-refractivity contribution is 5.93. The highest BCUT2D eigenvalue weighted by atomic mass is 19.4. The van der Waals surface area contributed by atoms with E-state index in [1.54, 1.807) is 17.6 Å². The van der Waals surface area contributed by atoms with Gasteiger partial charge in [0, 0.05) is 48.2 Å². The molecule has 2 fully saturated rings. The minimum Gasteiger partial charge on any atom is -0.365 e. The normalized spacial score (nSPS) is 21.0. The first-order valence-corrected chi connectivity index (χ1v) is 9.75. The first-order chi connectivity index (χ1) is 14.2. The largest absolute Gasteiger partial charge is 0.412 e. The van der Waals surface area contributed by atoms with Gasteiger partial charge in [-0.15, -0.1) is 0 Å². The van der Waals surface area contributed by atoms with Gasteiger partial charge in [0.1, 0.15) is 5.82 Å². The highest BCUT2D eigenvalue weighted by Crippen LogP contribution is 2.36. The van der Waals surface area contributed by atoms with Crippen LogP contribution >= 0.6 is 0 Å². The summed E-state index contributed by atoms with van der Waals surface area (Å²) < 4.78 is 37.5.